The third-order valence-electron chi connectivity index (χ3n) is 2.35. The first-order chi connectivity index (χ1) is 8.54. The van der Waals surface area contributed by atoms with Gasteiger partial charge in [0.05, 0.1) is 24.0 Å². The van der Waals surface area contributed by atoms with Crippen LogP contribution >= 0.6 is 23.2 Å². The lowest BCUT2D eigenvalue weighted by Crippen LogP contribution is -2.07. The number of rotatable bonds is 2. The maximum Gasteiger partial charge on any atom is 0.343 e. The maximum absolute atomic E-state index is 11.4. The van der Waals surface area contributed by atoms with E-state index in [4.69, 9.17) is 28.9 Å². The molecule has 0 unspecified atom stereocenters. The van der Waals surface area contributed by atoms with Gasteiger partial charge in [0.15, 0.2) is 0 Å². The van der Waals surface area contributed by atoms with Gasteiger partial charge >= 0.3 is 5.97 Å². The fourth-order valence-electron chi connectivity index (χ4n) is 1.47. The minimum Gasteiger partial charge on any atom is -0.465 e. The molecule has 5 nitrogen and oxygen atoms in total. The predicted molar refractivity (Wildman–Crippen MR) is 69.3 cm³/mol. The SMILES string of the molecule is COC(=O)c1cnn(-c2ccc(Cl)cc2Cl)c1N. The minimum absolute atomic E-state index is 0.158. The summed E-state index contributed by atoms with van der Waals surface area (Å²) in [4.78, 5) is 11.4. The molecule has 1 aromatic carbocycles. The van der Waals surface area contributed by atoms with E-state index in [1.165, 1.54) is 18.0 Å². The number of aromatic nitrogens is 2. The molecule has 7 heteroatoms. The van der Waals surface area contributed by atoms with Crippen molar-refractivity contribution in [3.63, 3.8) is 0 Å². The van der Waals surface area contributed by atoms with E-state index in [1.54, 1.807) is 18.2 Å². The number of anilines is 1. The lowest BCUT2D eigenvalue weighted by Gasteiger charge is -2.07. The van der Waals surface area contributed by atoms with Crippen molar-refractivity contribution in [1.29, 1.82) is 0 Å². The molecule has 0 bridgehead atoms. The van der Waals surface area contributed by atoms with Crippen LogP contribution in [0.4, 0.5) is 5.82 Å². The maximum atomic E-state index is 11.4. The van der Waals surface area contributed by atoms with Crippen LogP contribution < -0.4 is 5.73 Å². The molecular formula is C11H9Cl2N3O2. The molecule has 1 aromatic heterocycles. The summed E-state index contributed by atoms with van der Waals surface area (Å²) in [6.45, 7) is 0. The van der Waals surface area contributed by atoms with Gasteiger partial charge in [0.2, 0.25) is 0 Å². The smallest absolute Gasteiger partial charge is 0.343 e. The molecule has 0 radical (unpaired) electrons. The summed E-state index contributed by atoms with van der Waals surface area (Å²) in [5.74, 6) is -0.394. The van der Waals surface area contributed by atoms with Crippen LogP contribution in [0.25, 0.3) is 5.69 Å². The number of nitrogens with two attached hydrogens (primary N) is 1. The van der Waals surface area contributed by atoms with Crippen molar-refractivity contribution < 1.29 is 9.53 Å². The molecular weight excluding hydrogens is 277 g/mol. The second kappa shape index (κ2) is 4.88. The Morgan fingerprint density at radius 3 is 2.78 bits per heavy atom. The average molecular weight is 286 g/mol. The highest BCUT2D eigenvalue weighted by atomic mass is 35.5. The van der Waals surface area contributed by atoms with Crippen molar-refractivity contribution in [2.45, 2.75) is 0 Å². The van der Waals surface area contributed by atoms with Gasteiger partial charge in [-0.2, -0.15) is 5.10 Å². The predicted octanol–water partition coefficient (Wildman–Crippen LogP) is 2.55. The summed E-state index contributed by atoms with van der Waals surface area (Å²) in [6.07, 6.45) is 1.33. The summed E-state index contributed by atoms with van der Waals surface area (Å²) < 4.78 is 5.94. The monoisotopic (exact) mass is 285 g/mol. The lowest BCUT2D eigenvalue weighted by molar-refractivity contribution is 0.0602. The van der Waals surface area contributed by atoms with Crippen molar-refractivity contribution in [1.82, 2.24) is 9.78 Å². The third kappa shape index (κ3) is 2.14. The standard InChI is InChI=1S/C11H9Cl2N3O2/c1-18-11(17)7-5-15-16(10(7)14)9-3-2-6(12)4-8(9)13/h2-5H,14H2,1H3. The Kier molecular flexibility index (Phi) is 3.45. The van der Waals surface area contributed by atoms with Crippen LogP contribution in [0.2, 0.25) is 10.0 Å². The van der Waals surface area contributed by atoms with Crippen LogP contribution in [0.3, 0.4) is 0 Å². The van der Waals surface area contributed by atoms with E-state index >= 15 is 0 Å². The summed E-state index contributed by atoms with van der Waals surface area (Å²) in [7, 11) is 1.27. The number of methoxy groups -OCH3 is 1. The first-order valence-electron chi connectivity index (χ1n) is 4.92. The van der Waals surface area contributed by atoms with E-state index < -0.39 is 5.97 Å². The van der Waals surface area contributed by atoms with Crippen LogP contribution in [0.15, 0.2) is 24.4 Å². The molecule has 1 heterocycles. The van der Waals surface area contributed by atoms with Gasteiger partial charge in [-0.25, -0.2) is 9.48 Å². The third-order valence-corrected chi connectivity index (χ3v) is 2.89. The molecule has 0 aliphatic heterocycles. The summed E-state index contributed by atoms with van der Waals surface area (Å²) in [6, 6.07) is 4.88. The molecule has 2 aromatic rings. The highest BCUT2D eigenvalue weighted by molar-refractivity contribution is 6.35. The van der Waals surface area contributed by atoms with E-state index in [-0.39, 0.29) is 11.4 Å². The molecule has 0 aliphatic carbocycles. The summed E-state index contributed by atoms with van der Waals surface area (Å²) in [5.41, 5.74) is 6.55. The van der Waals surface area contributed by atoms with E-state index in [0.717, 1.165) is 0 Å². The number of carbonyl (C=O) groups is 1. The van der Waals surface area contributed by atoms with Crippen molar-refractivity contribution in [3.05, 3.63) is 40.0 Å². The molecule has 0 fully saturated rings. The molecule has 0 spiro atoms. The van der Waals surface area contributed by atoms with E-state index in [1.807, 2.05) is 0 Å². The fraction of sp³-hybridized carbons (Fsp3) is 0.0909. The lowest BCUT2D eigenvalue weighted by atomic mass is 10.3. The van der Waals surface area contributed by atoms with Crippen molar-refractivity contribution >= 4 is 35.0 Å². The summed E-state index contributed by atoms with van der Waals surface area (Å²) in [5, 5.41) is 4.89. The fourth-order valence-corrected chi connectivity index (χ4v) is 1.96. The first kappa shape index (κ1) is 12.7. The van der Waals surface area contributed by atoms with Gasteiger partial charge in [-0.3, -0.25) is 0 Å². The summed E-state index contributed by atoms with van der Waals surface area (Å²) >= 11 is 11.8. The average Bonchev–Trinajstić information content (AvgIpc) is 2.70. The Hall–Kier alpha value is -1.72. The Labute approximate surface area is 113 Å². The van der Waals surface area contributed by atoms with Crippen LogP contribution in [0.1, 0.15) is 10.4 Å². The number of hydrogen-bond donors (Lipinski definition) is 1. The van der Waals surface area contributed by atoms with Gasteiger partial charge in [-0.05, 0) is 18.2 Å². The number of halogens is 2. The number of nitrogen functional groups attached to an aromatic ring is 1. The second-order valence-electron chi connectivity index (χ2n) is 3.44. The molecule has 0 atom stereocenters. The molecule has 0 amide bonds. The van der Waals surface area contributed by atoms with Gasteiger partial charge in [-0.1, -0.05) is 23.2 Å². The Balaban J connectivity index is 2.52. The van der Waals surface area contributed by atoms with Crippen molar-refractivity contribution in [2.75, 3.05) is 12.8 Å². The van der Waals surface area contributed by atoms with Crippen molar-refractivity contribution in [2.24, 2.45) is 0 Å². The number of hydrogen-bond acceptors (Lipinski definition) is 4. The van der Waals surface area contributed by atoms with Gasteiger partial charge in [0.25, 0.3) is 0 Å². The van der Waals surface area contributed by atoms with Gasteiger partial charge in [0, 0.05) is 5.02 Å². The minimum atomic E-state index is -0.552. The van der Waals surface area contributed by atoms with Crippen molar-refractivity contribution in [3.8, 4) is 5.69 Å². The second-order valence-corrected chi connectivity index (χ2v) is 4.29. The van der Waals surface area contributed by atoms with E-state index in [0.29, 0.717) is 15.7 Å². The van der Waals surface area contributed by atoms with Crippen LogP contribution in [-0.2, 0) is 4.74 Å². The van der Waals surface area contributed by atoms with Crippen LogP contribution in [0, 0.1) is 0 Å². The van der Waals surface area contributed by atoms with Crippen LogP contribution in [-0.4, -0.2) is 22.9 Å². The normalized spacial score (nSPS) is 10.4. The van der Waals surface area contributed by atoms with E-state index in [2.05, 4.69) is 9.84 Å². The zero-order valence-electron chi connectivity index (χ0n) is 9.35. The molecule has 0 aliphatic rings. The van der Waals surface area contributed by atoms with Gasteiger partial charge in [0.1, 0.15) is 11.4 Å². The Bertz CT molecular complexity index is 610. The van der Waals surface area contributed by atoms with Crippen LogP contribution in [0.5, 0.6) is 0 Å². The number of nitrogens with zero attached hydrogens (tertiary/aromatic N) is 2. The zero-order valence-corrected chi connectivity index (χ0v) is 10.9. The number of esters is 1. The topological polar surface area (TPSA) is 70.1 Å². The zero-order chi connectivity index (χ0) is 13.3. The van der Waals surface area contributed by atoms with E-state index in [9.17, 15) is 4.79 Å². The molecule has 0 saturated carbocycles. The number of ether oxygens (including phenoxy) is 1. The molecule has 0 saturated heterocycles. The Morgan fingerprint density at radius 2 is 2.17 bits per heavy atom. The number of benzene rings is 1. The van der Waals surface area contributed by atoms with Gasteiger partial charge in [-0.15, -0.1) is 0 Å². The highest BCUT2D eigenvalue weighted by Crippen LogP contribution is 2.27. The molecule has 94 valence electrons. The largest absolute Gasteiger partial charge is 0.465 e. The highest BCUT2D eigenvalue weighted by Gasteiger charge is 2.17. The number of carbonyl (C=O) groups excluding carboxylic acids is 1. The molecule has 2 rings (SSSR count). The van der Waals surface area contributed by atoms with Gasteiger partial charge < -0.3 is 10.5 Å². The molecule has 18 heavy (non-hydrogen) atoms. The quantitative estimate of drug-likeness (QED) is 0.861. The Morgan fingerprint density at radius 1 is 1.44 bits per heavy atom. The first-order valence-corrected chi connectivity index (χ1v) is 5.67. The molecule has 2 N–H and O–H groups in total.